The SMILES string of the molecule is Cc1cc(C)c(C)c(Oc2ncc(F)cc2CO)c1. The minimum absolute atomic E-state index is 0.233. The molecular formula is C15H16FNO2. The summed E-state index contributed by atoms with van der Waals surface area (Å²) in [4.78, 5) is 3.89. The van der Waals surface area contributed by atoms with Crippen LogP contribution in [0.15, 0.2) is 24.4 Å². The Kier molecular flexibility index (Phi) is 3.81. The maximum absolute atomic E-state index is 13.1. The summed E-state index contributed by atoms with van der Waals surface area (Å²) in [7, 11) is 0. The lowest BCUT2D eigenvalue weighted by molar-refractivity contribution is 0.274. The first-order valence-corrected chi connectivity index (χ1v) is 6.02. The maximum Gasteiger partial charge on any atom is 0.224 e. The van der Waals surface area contributed by atoms with E-state index in [0.717, 1.165) is 22.9 Å². The summed E-state index contributed by atoms with van der Waals surface area (Å²) in [5.41, 5.74) is 3.52. The first-order chi connectivity index (χ1) is 9.01. The molecule has 0 aliphatic heterocycles. The molecule has 2 aromatic rings. The van der Waals surface area contributed by atoms with Crippen molar-refractivity contribution >= 4 is 0 Å². The third kappa shape index (κ3) is 2.90. The Morgan fingerprint density at radius 2 is 1.95 bits per heavy atom. The molecule has 1 heterocycles. The fourth-order valence-electron chi connectivity index (χ4n) is 1.88. The molecule has 2 rings (SSSR count). The van der Waals surface area contributed by atoms with Gasteiger partial charge < -0.3 is 9.84 Å². The molecule has 0 amide bonds. The number of aromatic nitrogens is 1. The van der Waals surface area contributed by atoms with Crippen LogP contribution < -0.4 is 4.74 Å². The normalized spacial score (nSPS) is 10.6. The van der Waals surface area contributed by atoms with Gasteiger partial charge in [0, 0.05) is 5.56 Å². The molecule has 3 nitrogen and oxygen atoms in total. The highest BCUT2D eigenvalue weighted by Gasteiger charge is 2.10. The molecule has 0 bridgehead atoms. The topological polar surface area (TPSA) is 42.4 Å². The molecule has 0 spiro atoms. The molecule has 0 saturated heterocycles. The van der Waals surface area contributed by atoms with Gasteiger partial charge in [-0.3, -0.25) is 0 Å². The lowest BCUT2D eigenvalue weighted by atomic mass is 10.1. The molecule has 0 aliphatic rings. The molecule has 0 atom stereocenters. The fourth-order valence-corrected chi connectivity index (χ4v) is 1.88. The fraction of sp³-hybridized carbons (Fsp3) is 0.267. The zero-order valence-corrected chi connectivity index (χ0v) is 11.2. The average molecular weight is 261 g/mol. The third-order valence-electron chi connectivity index (χ3n) is 3.03. The Morgan fingerprint density at radius 1 is 1.21 bits per heavy atom. The monoisotopic (exact) mass is 261 g/mol. The van der Waals surface area contributed by atoms with Crippen LogP contribution in [0.5, 0.6) is 11.6 Å². The van der Waals surface area contributed by atoms with Crippen molar-refractivity contribution in [2.24, 2.45) is 0 Å². The summed E-state index contributed by atoms with van der Waals surface area (Å²) >= 11 is 0. The predicted molar refractivity (Wildman–Crippen MR) is 70.8 cm³/mol. The molecule has 1 N–H and O–H groups in total. The van der Waals surface area contributed by atoms with Gasteiger partial charge in [-0.1, -0.05) is 6.07 Å². The van der Waals surface area contributed by atoms with Crippen LogP contribution in [0.1, 0.15) is 22.3 Å². The third-order valence-corrected chi connectivity index (χ3v) is 3.03. The highest BCUT2D eigenvalue weighted by molar-refractivity contribution is 5.44. The van der Waals surface area contributed by atoms with Crippen molar-refractivity contribution in [3.63, 3.8) is 0 Å². The predicted octanol–water partition coefficient (Wildman–Crippen LogP) is 3.43. The minimum Gasteiger partial charge on any atom is -0.438 e. The van der Waals surface area contributed by atoms with E-state index in [9.17, 15) is 9.50 Å². The summed E-state index contributed by atoms with van der Waals surface area (Å²) in [6.07, 6.45) is 1.08. The number of pyridine rings is 1. The number of ether oxygens (including phenoxy) is 1. The number of halogens is 1. The Labute approximate surface area is 111 Å². The number of nitrogens with zero attached hydrogens (tertiary/aromatic N) is 1. The Morgan fingerprint density at radius 3 is 2.63 bits per heavy atom. The van der Waals surface area contributed by atoms with Gasteiger partial charge in [-0.2, -0.15) is 0 Å². The van der Waals surface area contributed by atoms with Crippen molar-refractivity contribution in [3.05, 3.63) is 52.5 Å². The molecule has 19 heavy (non-hydrogen) atoms. The highest BCUT2D eigenvalue weighted by Crippen LogP contribution is 2.29. The second-order valence-corrected chi connectivity index (χ2v) is 4.58. The second-order valence-electron chi connectivity index (χ2n) is 4.58. The van der Waals surface area contributed by atoms with Crippen LogP contribution in [0.2, 0.25) is 0 Å². The molecule has 1 aromatic heterocycles. The summed E-state index contributed by atoms with van der Waals surface area (Å²) in [6, 6.07) is 5.18. The zero-order valence-electron chi connectivity index (χ0n) is 11.2. The van der Waals surface area contributed by atoms with Crippen molar-refractivity contribution in [1.29, 1.82) is 0 Å². The largest absolute Gasteiger partial charge is 0.438 e. The lowest BCUT2D eigenvalue weighted by Gasteiger charge is -2.13. The maximum atomic E-state index is 13.1. The average Bonchev–Trinajstić information content (AvgIpc) is 2.37. The molecular weight excluding hydrogens is 245 g/mol. The quantitative estimate of drug-likeness (QED) is 0.920. The van der Waals surface area contributed by atoms with Crippen molar-refractivity contribution in [3.8, 4) is 11.6 Å². The van der Waals surface area contributed by atoms with Gasteiger partial charge in [0.05, 0.1) is 12.8 Å². The van der Waals surface area contributed by atoms with Crippen molar-refractivity contribution in [2.45, 2.75) is 27.4 Å². The van der Waals surface area contributed by atoms with E-state index >= 15 is 0 Å². The van der Waals surface area contributed by atoms with Gasteiger partial charge in [-0.05, 0) is 49.6 Å². The molecule has 100 valence electrons. The highest BCUT2D eigenvalue weighted by atomic mass is 19.1. The summed E-state index contributed by atoms with van der Waals surface area (Å²) in [6.45, 7) is 5.61. The number of aliphatic hydroxyl groups is 1. The molecule has 0 saturated carbocycles. The van der Waals surface area contributed by atoms with Crippen molar-refractivity contribution in [1.82, 2.24) is 4.98 Å². The Balaban J connectivity index is 2.41. The number of rotatable bonds is 3. The van der Waals surface area contributed by atoms with E-state index in [4.69, 9.17) is 4.74 Å². The van der Waals surface area contributed by atoms with Gasteiger partial charge in [-0.15, -0.1) is 0 Å². The first kappa shape index (κ1) is 13.5. The lowest BCUT2D eigenvalue weighted by Crippen LogP contribution is -1.98. The van der Waals surface area contributed by atoms with Crippen LogP contribution >= 0.6 is 0 Å². The molecule has 0 fully saturated rings. The van der Waals surface area contributed by atoms with E-state index in [1.807, 2.05) is 26.8 Å². The van der Waals surface area contributed by atoms with E-state index in [-0.39, 0.29) is 12.5 Å². The Bertz CT molecular complexity index is 611. The van der Waals surface area contributed by atoms with Crippen LogP contribution in [-0.4, -0.2) is 10.1 Å². The van der Waals surface area contributed by atoms with E-state index in [1.165, 1.54) is 6.07 Å². The van der Waals surface area contributed by atoms with E-state index in [1.54, 1.807) is 0 Å². The number of aryl methyl sites for hydroxylation is 2. The molecule has 0 unspecified atom stereocenters. The molecule has 1 aromatic carbocycles. The minimum atomic E-state index is -0.492. The summed E-state index contributed by atoms with van der Waals surface area (Å²) in [5, 5.41) is 9.21. The van der Waals surface area contributed by atoms with Crippen LogP contribution in [0, 0.1) is 26.6 Å². The molecule has 0 radical (unpaired) electrons. The van der Waals surface area contributed by atoms with E-state index in [0.29, 0.717) is 11.3 Å². The van der Waals surface area contributed by atoms with E-state index < -0.39 is 5.82 Å². The summed E-state index contributed by atoms with van der Waals surface area (Å²) in [5.74, 6) is 0.414. The van der Waals surface area contributed by atoms with Gasteiger partial charge >= 0.3 is 0 Å². The van der Waals surface area contributed by atoms with Gasteiger partial charge in [-0.25, -0.2) is 9.37 Å². The number of benzene rings is 1. The molecule has 4 heteroatoms. The summed E-state index contributed by atoms with van der Waals surface area (Å²) < 4.78 is 18.8. The van der Waals surface area contributed by atoms with E-state index in [2.05, 4.69) is 11.1 Å². The first-order valence-electron chi connectivity index (χ1n) is 6.02. The van der Waals surface area contributed by atoms with Gasteiger partial charge in [0.1, 0.15) is 11.6 Å². The zero-order chi connectivity index (χ0) is 14.0. The van der Waals surface area contributed by atoms with Gasteiger partial charge in [0.2, 0.25) is 5.88 Å². The smallest absolute Gasteiger partial charge is 0.224 e. The van der Waals surface area contributed by atoms with Crippen LogP contribution in [0.4, 0.5) is 4.39 Å². The number of hydrogen-bond acceptors (Lipinski definition) is 3. The number of hydrogen-bond donors (Lipinski definition) is 1. The van der Waals surface area contributed by atoms with Crippen LogP contribution in [0.3, 0.4) is 0 Å². The van der Waals surface area contributed by atoms with Crippen molar-refractivity contribution < 1.29 is 14.2 Å². The van der Waals surface area contributed by atoms with Crippen LogP contribution in [0.25, 0.3) is 0 Å². The van der Waals surface area contributed by atoms with Gasteiger partial charge in [0.25, 0.3) is 0 Å². The number of aliphatic hydroxyl groups excluding tert-OH is 1. The van der Waals surface area contributed by atoms with Crippen molar-refractivity contribution in [2.75, 3.05) is 0 Å². The molecule has 0 aliphatic carbocycles. The van der Waals surface area contributed by atoms with Crippen LogP contribution in [-0.2, 0) is 6.61 Å². The second kappa shape index (κ2) is 5.36. The van der Waals surface area contributed by atoms with Gasteiger partial charge in [0.15, 0.2) is 0 Å². The standard InChI is InChI=1S/C15H16FNO2/c1-9-4-10(2)11(3)14(5-9)19-15-12(8-18)6-13(16)7-17-15/h4-7,18H,8H2,1-3H3. The Hall–Kier alpha value is -1.94.